The highest BCUT2D eigenvalue weighted by Gasteiger charge is 2.27. The van der Waals surface area contributed by atoms with E-state index in [1.807, 2.05) is 12.1 Å². The zero-order valence-corrected chi connectivity index (χ0v) is 15.0. The van der Waals surface area contributed by atoms with Crippen molar-refractivity contribution >= 4 is 17.5 Å². The molecule has 0 spiro atoms. The molecule has 2 amide bonds. The fraction of sp³-hybridized carbons (Fsp3) is 0.300. The number of carbonyl (C=O) groups excluding carboxylic acids is 2. The molecule has 0 bridgehead atoms. The van der Waals surface area contributed by atoms with Gasteiger partial charge in [-0.2, -0.15) is 0 Å². The molecule has 0 saturated carbocycles. The second-order valence-corrected chi connectivity index (χ2v) is 6.24. The summed E-state index contributed by atoms with van der Waals surface area (Å²) in [5, 5.41) is 2.83. The molecule has 1 N–H and O–H groups in total. The Bertz CT molecular complexity index is 793. The predicted octanol–water partition coefficient (Wildman–Crippen LogP) is 1.92. The predicted molar refractivity (Wildman–Crippen MR) is 98.2 cm³/mol. The molecule has 27 heavy (non-hydrogen) atoms. The summed E-state index contributed by atoms with van der Waals surface area (Å²) < 4.78 is 23.7. The molecule has 1 unspecified atom stereocenters. The lowest BCUT2D eigenvalue weighted by Gasteiger charge is -2.32. The van der Waals surface area contributed by atoms with Crippen molar-refractivity contribution < 1.29 is 23.5 Å². The van der Waals surface area contributed by atoms with Crippen LogP contribution in [0.15, 0.2) is 48.5 Å². The van der Waals surface area contributed by atoms with Crippen LogP contribution in [0.4, 0.5) is 10.1 Å². The fourth-order valence-electron chi connectivity index (χ4n) is 2.84. The molecule has 1 atom stereocenters. The molecular formula is C20H21FN2O4. The third kappa shape index (κ3) is 5.04. The lowest BCUT2D eigenvalue weighted by atomic mass is 10.1. The molecule has 1 aliphatic rings. The number of anilines is 1. The van der Waals surface area contributed by atoms with Crippen LogP contribution < -0.4 is 15.0 Å². The normalized spacial score (nSPS) is 16.9. The number of amides is 2. The molecule has 1 aliphatic heterocycles. The Morgan fingerprint density at radius 3 is 2.59 bits per heavy atom. The molecule has 0 aromatic heterocycles. The van der Waals surface area contributed by atoms with Crippen molar-refractivity contribution in [2.45, 2.75) is 12.5 Å². The number of rotatable bonds is 6. The number of methoxy groups -OCH3 is 1. The van der Waals surface area contributed by atoms with Gasteiger partial charge in [-0.15, -0.1) is 0 Å². The number of hydrogen-bond donors (Lipinski definition) is 1. The van der Waals surface area contributed by atoms with Crippen LogP contribution in [-0.4, -0.2) is 44.7 Å². The summed E-state index contributed by atoms with van der Waals surface area (Å²) in [6.07, 6.45) is -0.0790. The van der Waals surface area contributed by atoms with Crippen molar-refractivity contribution in [3.05, 3.63) is 59.9 Å². The van der Waals surface area contributed by atoms with Crippen molar-refractivity contribution in [1.82, 2.24) is 5.32 Å². The van der Waals surface area contributed by atoms with E-state index in [1.165, 1.54) is 12.1 Å². The first-order chi connectivity index (χ1) is 13.0. The average molecular weight is 372 g/mol. The van der Waals surface area contributed by atoms with E-state index in [2.05, 4.69) is 5.32 Å². The third-order valence-electron chi connectivity index (χ3n) is 4.32. The van der Waals surface area contributed by atoms with Gasteiger partial charge in [0.15, 0.2) is 0 Å². The van der Waals surface area contributed by atoms with Gasteiger partial charge < -0.3 is 19.7 Å². The Morgan fingerprint density at radius 2 is 1.93 bits per heavy atom. The van der Waals surface area contributed by atoms with Crippen molar-refractivity contribution in [3.8, 4) is 5.75 Å². The number of benzene rings is 2. The Morgan fingerprint density at radius 1 is 1.22 bits per heavy atom. The largest absolute Gasteiger partial charge is 0.497 e. The van der Waals surface area contributed by atoms with Crippen LogP contribution in [0, 0.1) is 5.82 Å². The molecular weight excluding hydrogens is 351 g/mol. The van der Waals surface area contributed by atoms with Gasteiger partial charge >= 0.3 is 0 Å². The van der Waals surface area contributed by atoms with Crippen LogP contribution in [-0.2, 0) is 20.7 Å². The zero-order valence-electron chi connectivity index (χ0n) is 15.0. The van der Waals surface area contributed by atoms with E-state index < -0.39 is 0 Å². The summed E-state index contributed by atoms with van der Waals surface area (Å²) in [7, 11) is 1.59. The number of halogens is 1. The fourth-order valence-corrected chi connectivity index (χ4v) is 2.84. The van der Waals surface area contributed by atoms with Crippen molar-refractivity contribution in [3.63, 3.8) is 0 Å². The Kier molecular flexibility index (Phi) is 6.03. The van der Waals surface area contributed by atoms with E-state index in [-0.39, 0.29) is 36.8 Å². The van der Waals surface area contributed by atoms with Crippen LogP contribution in [0.3, 0.4) is 0 Å². The van der Waals surface area contributed by atoms with Gasteiger partial charge in [-0.1, -0.05) is 12.1 Å². The molecule has 1 saturated heterocycles. The number of carbonyl (C=O) groups is 2. The van der Waals surface area contributed by atoms with E-state index in [1.54, 1.807) is 36.3 Å². The van der Waals surface area contributed by atoms with E-state index in [0.29, 0.717) is 18.8 Å². The maximum Gasteiger partial charge on any atom is 0.253 e. The first kappa shape index (κ1) is 18.8. The molecule has 1 heterocycles. The van der Waals surface area contributed by atoms with Crippen molar-refractivity contribution in [2.24, 2.45) is 0 Å². The summed E-state index contributed by atoms with van der Waals surface area (Å²) in [4.78, 5) is 25.8. The summed E-state index contributed by atoms with van der Waals surface area (Å²) >= 11 is 0. The maximum absolute atomic E-state index is 13.1. The molecule has 2 aromatic carbocycles. The van der Waals surface area contributed by atoms with E-state index in [9.17, 15) is 14.0 Å². The number of hydrogen-bond acceptors (Lipinski definition) is 4. The van der Waals surface area contributed by atoms with E-state index in [0.717, 1.165) is 11.3 Å². The van der Waals surface area contributed by atoms with E-state index >= 15 is 0 Å². The molecule has 6 nitrogen and oxygen atoms in total. The van der Waals surface area contributed by atoms with Crippen LogP contribution in [0.1, 0.15) is 5.56 Å². The van der Waals surface area contributed by atoms with Gasteiger partial charge in [-0.25, -0.2) is 4.39 Å². The average Bonchev–Trinajstić information content (AvgIpc) is 2.69. The summed E-state index contributed by atoms with van der Waals surface area (Å²) in [6.45, 7) is 0.517. The molecule has 2 aromatic rings. The smallest absolute Gasteiger partial charge is 0.253 e. The third-order valence-corrected chi connectivity index (χ3v) is 4.32. The van der Waals surface area contributed by atoms with Gasteiger partial charge in [0.1, 0.15) is 18.2 Å². The highest BCUT2D eigenvalue weighted by Crippen LogP contribution is 2.19. The second-order valence-electron chi connectivity index (χ2n) is 6.24. The highest BCUT2D eigenvalue weighted by atomic mass is 19.1. The van der Waals surface area contributed by atoms with Crippen molar-refractivity contribution in [1.29, 1.82) is 0 Å². The Balaban J connectivity index is 1.51. The van der Waals surface area contributed by atoms with Crippen LogP contribution in [0.25, 0.3) is 0 Å². The molecule has 0 aliphatic carbocycles. The number of nitrogens with one attached hydrogen (secondary N) is 1. The molecule has 7 heteroatoms. The quantitative estimate of drug-likeness (QED) is 0.841. The summed E-state index contributed by atoms with van der Waals surface area (Å²) in [6, 6.07) is 13.0. The van der Waals surface area contributed by atoms with Crippen molar-refractivity contribution in [2.75, 3.05) is 31.7 Å². The minimum Gasteiger partial charge on any atom is -0.497 e. The van der Waals surface area contributed by atoms with Gasteiger partial charge in [-0.3, -0.25) is 9.59 Å². The monoisotopic (exact) mass is 372 g/mol. The molecule has 1 fully saturated rings. The first-order valence-corrected chi connectivity index (χ1v) is 8.62. The van der Waals surface area contributed by atoms with Crippen LogP contribution in [0.2, 0.25) is 0 Å². The second kappa shape index (κ2) is 8.64. The van der Waals surface area contributed by atoms with Gasteiger partial charge in [0.05, 0.1) is 26.2 Å². The highest BCUT2D eigenvalue weighted by molar-refractivity contribution is 5.95. The lowest BCUT2D eigenvalue weighted by Crippen LogP contribution is -2.50. The standard InChI is InChI=1S/C20H21FN2O4/c1-26-17-8-2-14(3-9-17)10-19(24)22-11-18-12-23(20(25)13-27-18)16-6-4-15(21)5-7-16/h2-9,18H,10-13H2,1H3,(H,22,24). The SMILES string of the molecule is COc1ccc(CC(=O)NCC2CN(c3ccc(F)cc3)C(=O)CO2)cc1. The maximum atomic E-state index is 13.1. The van der Waals surface area contributed by atoms with Gasteiger partial charge in [-0.05, 0) is 42.0 Å². The van der Waals surface area contributed by atoms with Gasteiger partial charge in [0.25, 0.3) is 5.91 Å². The minimum atomic E-state index is -0.359. The topological polar surface area (TPSA) is 67.9 Å². The molecule has 0 radical (unpaired) electrons. The minimum absolute atomic E-state index is 0.0730. The lowest BCUT2D eigenvalue weighted by molar-refractivity contribution is -0.129. The number of morpholine rings is 1. The summed E-state index contributed by atoms with van der Waals surface area (Å²) in [5.41, 5.74) is 1.49. The first-order valence-electron chi connectivity index (χ1n) is 8.62. The van der Waals surface area contributed by atoms with Crippen LogP contribution >= 0.6 is 0 Å². The van der Waals surface area contributed by atoms with Gasteiger partial charge in [0, 0.05) is 12.2 Å². The number of nitrogens with zero attached hydrogens (tertiary/aromatic N) is 1. The molecule has 3 rings (SSSR count). The zero-order chi connectivity index (χ0) is 19.2. The number of ether oxygens (including phenoxy) is 2. The van der Waals surface area contributed by atoms with E-state index in [4.69, 9.17) is 9.47 Å². The van der Waals surface area contributed by atoms with Gasteiger partial charge in [0.2, 0.25) is 5.91 Å². The van der Waals surface area contributed by atoms with Crippen LogP contribution in [0.5, 0.6) is 5.75 Å². The summed E-state index contributed by atoms with van der Waals surface area (Å²) in [5.74, 6) is 0.0542. The Hall–Kier alpha value is -2.93. The Labute approximate surface area is 156 Å². The molecule has 142 valence electrons.